The summed E-state index contributed by atoms with van der Waals surface area (Å²) in [7, 11) is 0. The zero-order valence-corrected chi connectivity index (χ0v) is 8.76. The number of nitrogens with one attached hydrogen (secondary N) is 1. The third-order valence-corrected chi connectivity index (χ3v) is 3.17. The van der Waals surface area contributed by atoms with Crippen LogP contribution in [0.4, 0.5) is 0 Å². The van der Waals surface area contributed by atoms with E-state index >= 15 is 0 Å². The van der Waals surface area contributed by atoms with Gasteiger partial charge in [-0.3, -0.25) is 10.3 Å². The van der Waals surface area contributed by atoms with E-state index in [0.29, 0.717) is 24.9 Å². The molecule has 0 aromatic rings. The lowest BCUT2D eigenvalue weighted by Gasteiger charge is -2.14. The van der Waals surface area contributed by atoms with Gasteiger partial charge in [-0.15, -0.1) is 11.8 Å². The Labute approximate surface area is 86.8 Å². The van der Waals surface area contributed by atoms with Crippen LogP contribution in [-0.4, -0.2) is 36.8 Å². The van der Waals surface area contributed by atoms with Crippen LogP contribution in [0.2, 0.25) is 0 Å². The molecular formula is C9H12N2O2S. The van der Waals surface area contributed by atoms with E-state index in [1.54, 1.807) is 18.7 Å². The van der Waals surface area contributed by atoms with Gasteiger partial charge in [-0.1, -0.05) is 0 Å². The molecule has 0 aromatic carbocycles. The van der Waals surface area contributed by atoms with Gasteiger partial charge in [-0.2, -0.15) is 0 Å². The molecule has 2 rings (SSSR count). The minimum absolute atomic E-state index is 0.314. The number of thioether (sulfide) groups is 1. The molecule has 0 aliphatic carbocycles. The van der Waals surface area contributed by atoms with E-state index in [1.807, 2.05) is 6.08 Å². The number of hydrogen-bond donors (Lipinski definition) is 1. The molecule has 0 spiro atoms. The summed E-state index contributed by atoms with van der Waals surface area (Å²) in [5, 5.41) is 3.29. The third-order valence-electron chi connectivity index (χ3n) is 2.12. The maximum Gasteiger partial charge on any atom is 0.356 e. The van der Waals surface area contributed by atoms with Crippen LogP contribution in [0.15, 0.2) is 16.0 Å². The lowest BCUT2D eigenvalue weighted by atomic mass is 10.2. The minimum atomic E-state index is -0.314. The Bertz CT molecular complexity index is 312. The Kier molecular flexibility index (Phi) is 2.88. The highest BCUT2D eigenvalue weighted by molar-refractivity contribution is 8.03. The summed E-state index contributed by atoms with van der Waals surface area (Å²) in [6.45, 7) is 2.84. The van der Waals surface area contributed by atoms with Gasteiger partial charge in [0, 0.05) is 10.8 Å². The molecule has 1 unspecified atom stereocenters. The number of nitrogens with zero attached hydrogens (tertiary/aromatic N) is 1. The van der Waals surface area contributed by atoms with E-state index in [1.165, 1.54) is 4.91 Å². The number of fused-ring (bicyclic) bond motifs is 1. The molecule has 1 fully saturated rings. The number of hydrogen-bond acceptors (Lipinski definition) is 5. The Morgan fingerprint density at radius 2 is 2.71 bits per heavy atom. The second-order valence-corrected chi connectivity index (χ2v) is 4.09. The van der Waals surface area contributed by atoms with Gasteiger partial charge in [0.15, 0.2) is 0 Å². The number of carbonyl (C=O) groups is 1. The van der Waals surface area contributed by atoms with Crippen molar-refractivity contribution in [2.24, 2.45) is 4.99 Å². The molecule has 5 heteroatoms. The lowest BCUT2D eigenvalue weighted by Crippen LogP contribution is -2.31. The molecule has 1 atom stereocenters. The maximum atomic E-state index is 11.4. The van der Waals surface area contributed by atoms with Gasteiger partial charge >= 0.3 is 5.97 Å². The fourth-order valence-corrected chi connectivity index (χ4v) is 2.43. The van der Waals surface area contributed by atoms with Gasteiger partial charge in [-0.25, -0.2) is 4.79 Å². The summed E-state index contributed by atoms with van der Waals surface area (Å²) in [6, 6.07) is 0.318. The van der Waals surface area contributed by atoms with Crippen LogP contribution in [0.25, 0.3) is 0 Å². The first-order valence-electron chi connectivity index (χ1n) is 4.60. The summed E-state index contributed by atoms with van der Waals surface area (Å²) in [5.74, 6) is 0.591. The third kappa shape index (κ3) is 1.83. The smallest absolute Gasteiger partial charge is 0.356 e. The van der Waals surface area contributed by atoms with E-state index in [0.717, 1.165) is 5.88 Å². The van der Waals surface area contributed by atoms with Gasteiger partial charge in [0.05, 0.1) is 19.2 Å². The monoisotopic (exact) mass is 212 g/mol. The highest BCUT2D eigenvalue weighted by Crippen LogP contribution is 2.27. The normalized spacial score (nSPS) is 25.1. The van der Waals surface area contributed by atoms with Crippen molar-refractivity contribution in [3.63, 3.8) is 0 Å². The highest BCUT2D eigenvalue weighted by atomic mass is 32.2. The van der Waals surface area contributed by atoms with Crippen molar-refractivity contribution in [2.75, 3.05) is 19.0 Å². The predicted molar refractivity (Wildman–Crippen MR) is 56.4 cm³/mol. The van der Waals surface area contributed by atoms with Crippen LogP contribution in [0, 0.1) is 0 Å². The van der Waals surface area contributed by atoms with E-state index in [4.69, 9.17) is 4.74 Å². The minimum Gasteiger partial charge on any atom is -0.461 e. The van der Waals surface area contributed by atoms with Crippen LogP contribution >= 0.6 is 11.8 Å². The number of ether oxygens (including phenoxy) is 1. The van der Waals surface area contributed by atoms with Gasteiger partial charge in [-0.05, 0) is 13.0 Å². The van der Waals surface area contributed by atoms with Crippen molar-refractivity contribution in [3.8, 4) is 0 Å². The van der Waals surface area contributed by atoms with Crippen molar-refractivity contribution in [1.29, 1.82) is 0 Å². The molecule has 0 radical (unpaired) electrons. The zero-order chi connectivity index (χ0) is 9.97. The molecule has 2 heterocycles. The van der Waals surface area contributed by atoms with Crippen LogP contribution in [-0.2, 0) is 9.53 Å². The van der Waals surface area contributed by atoms with Crippen molar-refractivity contribution in [1.82, 2.24) is 5.32 Å². The molecule has 4 nitrogen and oxygen atoms in total. The van der Waals surface area contributed by atoms with Gasteiger partial charge in [0.2, 0.25) is 0 Å². The first-order chi connectivity index (χ1) is 6.81. The Hall–Kier alpha value is -0.810. The van der Waals surface area contributed by atoms with E-state index in [-0.39, 0.29) is 5.97 Å². The molecule has 1 saturated heterocycles. The van der Waals surface area contributed by atoms with Crippen molar-refractivity contribution < 1.29 is 9.53 Å². The molecule has 2 aliphatic heterocycles. The van der Waals surface area contributed by atoms with E-state index in [2.05, 4.69) is 10.3 Å². The second-order valence-electron chi connectivity index (χ2n) is 3.04. The van der Waals surface area contributed by atoms with Crippen LogP contribution in [0.3, 0.4) is 0 Å². The number of dihydropyridines is 1. The molecule has 1 N–H and O–H groups in total. The predicted octanol–water partition coefficient (Wildman–Crippen LogP) is 0.550. The summed E-state index contributed by atoms with van der Waals surface area (Å²) in [4.78, 5) is 16.7. The van der Waals surface area contributed by atoms with E-state index in [9.17, 15) is 4.79 Å². The first-order valence-corrected chi connectivity index (χ1v) is 5.59. The summed E-state index contributed by atoms with van der Waals surface area (Å²) >= 11 is 1.73. The quantitative estimate of drug-likeness (QED) is 0.679. The first kappa shape index (κ1) is 9.73. The number of rotatable bonds is 2. The lowest BCUT2D eigenvalue weighted by molar-refractivity contribution is -0.134. The van der Waals surface area contributed by atoms with Crippen LogP contribution < -0.4 is 5.32 Å². The summed E-state index contributed by atoms with van der Waals surface area (Å²) < 4.78 is 4.89. The molecule has 2 aliphatic rings. The van der Waals surface area contributed by atoms with Crippen molar-refractivity contribution >= 4 is 23.4 Å². The average molecular weight is 212 g/mol. The van der Waals surface area contributed by atoms with Gasteiger partial charge in [0.1, 0.15) is 5.71 Å². The Morgan fingerprint density at radius 3 is 3.50 bits per heavy atom. The molecule has 76 valence electrons. The number of esters is 1. The molecule has 0 amide bonds. The molecular weight excluding hydrogens is 200 g/mol. The molecule has 0 saturated carbocycles. The standard InChI is InChI=1S/C9H12N2O2S/c1-2-13-9(12)6-3-8-7(4-10-6)11-5-14-8/h3,7,11H,2,4-5H2,1H3. The largest absolute Gasteiger partial charge is 0.461 e. The maximum absolute atomic E-state index is 11.4. The topological polar surface area (TPSA) is 50.7 Å². The zero-order valence-electron chi connectivity index (χ0n) is 7.95. The fourth-order valence-electron chi connectivity index (χ4n) is 1.42. The van der Waals surface area contributed by atoms with E-state index < -0.39 is 0 Å². The Balaban J connectivity index is 2.08. The summed E-state index contributed by atoms with van der Waals surface area (Å²) in [5.41, 5.74) is 0.453. The second kappa shape index (κ2) is 4.14. The van der Waals surface area contributed by atoms with Gasteiger partial charge < -0.3 is 4.74 Å². The summed E-state index contributed by atoms with van der Waals surface area (Å²) in [6.07, 6.45) is 1.83. The Morgan fingerprint density at radius 1 is 1.86 bits per heavy atom. The highest BCUT2D eigenvalue weighted by Gasteiger charge is 2.26. The number of aliphatic imine (C=N–C) groups is 1. The molecule has 0 bridgehead atoms. The van der Waals surface area contributed by atoms with Crippen molar-refractivity contribution in [2.45, 2.75) is 13.0 Å². The molecule has 0 aromatic heterocycles. The van der Waals surface area contributed by atoms with Crippen LogP contribution in [0.5, 0.6) is 0 Å². The van der Waals surface area contributed by atoms with Crippen molar-refractivity contribution in [3.05, 3.63) is 11.0 Å². The molecule has 14 heavy (non-hydrogen) atoms. The van der Waals surface area contributed by atoms with Gasteiger partial charge in [0.25, 0.3) is 0 Å². The van der Waals surface area contributed by atoms with Crippen LogP contribution in [0.1, 0.15) is 6.92 Å². The SMILES string of the molecule is CCOC(=O)C1=NCC2NCSC2=C1. The fraction of sp³-hybridized carbons (Fsp3) is 0.556. The number of carbonyl (C=O) groups excluding carboxylic acids is 1. The average Bonchev–Trinajstić information content (AvgIpc) is 2.64.